The van der Waals surface area contributed by atoms with Crippen LogP contribution in [0.2, 0.25) is 0 Å². The van der Waals surface area contributed by atoms with Gasteiger partial charge in [0, 0.05) is 17.2 Å². The Morgan fingerprint density at radius 2 is 2.11 bits per heavy atom. The van der Waals surface area contributed by atoms with E-state index in [9.17, 15) is 8.42 Å². The first-order valence-electron chi connectivity index (χ1n) is 5.08. The number of thiophene rings is 1. The zero-order valence-corrected chi connectivity index (χ0v) is 11.3. The number of hydrogen-bond acceptors (Lipinski definition) is 8. The van der Waals surface area contributed by atoms with Crippen molar-refractivity contribution in [2.75, 3.05) is 12.0 Å². The van der Waals surface area contributed by atoms with Gasteiger partial charge in [0.25, 0.3) is 10.9 Å². The number of rotatable bonds is 2. The molecule has 3 heterocycles. The molecule has 2 N–H and O–H groups in total. The summed E-state index contributed by atoms with van der Waals surface area (Å²) in [5.41, 5.74) is 6.48. The molecular formula is C9H8N6O2S2. The second-order valence-corrected chi connectivity index (χ2v) is 6.49. The third-order valence-corrected chi connectivity index (χ3v) is 3.85. The Morgan fingerprint density at radius 3 is 2.74 bits per heavy atom. The number of sulfone groups is 1. The van der Waals surface area contributed by atoms with Gasteiger partial charge in [-0.3, -0.25) is 0 Å². The van der Waals surface area contributed by atoms with Gasteiger partial charge in [-0.05, 0) is 11.4 Å². The van der Waals surface area contributed by atoms with Crippen LogP contribution in [0.1, 0.15) is 0 Å². The third-order valence-electron chi connectivity index (χ3n) is 2.32. The lowest BCUT2D eigenvalue weighted by molar-refractivity contribution is 0.592. The van der Waals surface area contributed by atoms with Crippen molar-refractivity contribution in [3.05, 3.63) is 16.8 Å². The quantitative estimate of drug-likeness (QED) is 0.719. The SMILES string of the molecule is CS(=O)(=O)c1nc(N)n2nc(-c3ccsc3)nc2n1. The van der Waals surface area contributed by atoms with E-state index in [4.69, 9.17) is 5.73 Å². The molecule has 3 rings (SSSR count). The minimum absolute atomic E-state index is 0.0700. The summed E-state index contributed by atoms with van der Waals surface area (Å²) in [6, 6.07) is 1.85. The van der Waals surface area contributed by atoms with Gasteiger partial charge in [0.05, 0.1) is 0 Å². The molecule has 8 nitrogen and oxygen atoms in total. The molecule has 0 amide bonds. The van der Waals surface area contributed by atoms with Gasteiger partial charge in [-0.2, -0.15) is 30.8 Å². The van der Waals surface area contributed by atoms with Gasteiger partial charge < -0.3 is 5.73 Å². The van der Waals surface area contributed by atoms with Crippen molar-refractivity contribution >= 4 is 32.9 Å². The van der Waals surface area contributed by atoms with E-state index in [2.05, 4.69) is 20.1 Å². The number of nitrogens with zero attached hydrogens (tertiary/aromatic N) is 5. The molecule has 0 spiro atoms. The van der Waals surface area contributed by atoms with Gasteiger partial charge in [-0.15, -0.1) is 5.10 Å². The average Bonchev–Trinajstić information content (AvgIpc) is 2.95. The summed E-state index contributed by atoms with van der Waals surface area (Å²) >= 11 is 1.50. The second kappa shape index (κ2) is 3.96. The zero-order valence-electron chi connectivity index (χ0n) is 9.68. The van der Waals surface area contributed by atoms with E-state index in [1.807, 2.05) is 16.8 Å². The van der Waals surface area contributed by atoms with E-state index in [1.165, 1.54) is 15.9 Å². The maximum Gasteiger partial charge on any atom is 0.258 e. The summed E-state index contributed by atoms with van der Waals surface area (Å²) in [5, 5.41) is 7.54. The van der Waals surface area contributed by atoms with Crippen LogP contribution in [0.4, 0.5) is 5.95 Å². The lowest BCUT2D eigenvalue weighted by Crippen LogP contribution is -2.11. The molecule has 3 aromatic heterocycles. The van der Waals surface area contributed by atoms with Crippen LogP contribution in [0.5, 0.6) is 0 Å². The molecule has 0 radical (unpaired) electrons. The van der Waals surface area contributed by atoms with Gasteiger partial charge in [-0.25, -0.2) is 8.42 Å². The summed E-state index contributed by atoms with van der Waals surface area (Å²) in [4.78, 5) is 11.7. The fourth-order valence-corrected chi connectivity index (χ4v) is 2.61. The molecule has 0 aliphatic heterocycles. The van der Waals surface area contributed by atoms with Gasteiger partial charge in [0.2, 0.25) is 15.8 Å². The van der Waals surface area contributed by atoms with Crippen LogP contribution in [0.3, 0.4) is 0 Å². The minimum Gasteiger partial charge on any atom is -0.368 e. The van der Waals surface area contributed by atoms with Crippen LogP contribution in [0, 0.1) is 0 Å². The number of nitrogens with two attached hydrogens (primary N) is 1. The lowest BCUT2D eigenvalue weighted by Gasteiger charge is -1.99. The minimum atomic E-state index is -3.54. The zero-order chi connectivity index (χ0) is 13.6. The first-order chi connectivity index (χ1) is 8.95. The Hall–Kier alpha value is -2.07. The molecule has 0 aromatic carbocycles. The smallest absolute Gasteiger partial charge is 0.258 e. The molecule has 0 saturated heterocycles. The van der Waals surface area contributed by atoms with Gasteiger partial charge in [0.15, 0.2) is 5.82 Å². The Balaban J connectivity index is 2.26. The monoisotopic (exact) mass is 296 g/mol. The molecule has 10 heteroatoms. The maximum absolute atomic E-state index is 11.4. The number of anilines is 1. The topological polar surface area (TPSA) is 116 Å². The predicted molar refractivity (Wildman–Crippen MR) is 69.4 cm³/mol. The van der Waals surface area contributed by atoms with Crippen LogP contribution < -0.4 is 5.73 Å². The lowest BCUT2D eigenvalue weighted by atomic mass is 10.3. The fraction of sp³-hybridized carbons (Fsp3) is 0.111. The largest absolute Gasteiger partial charge is 0.368 e. The van der Waals surface area contributed by atoms with E-state index >= 15 is 0 Å². The molecule has 0 aliphatic rings. The molecule has 0 aliphatic carbocycles. The number of fused-ring (bicyclic) bond motifs is 1. The molecule has 0 saturated carbocycles. The molecule has 0 bridgehead atoms. The highest BCUT2D eigenvalue weighted by molar-refractivity contribution is 7.90. The first-order valence-corrected chi connectivity index (χ1v) is 7.91. The first kappa shape index (κ1) is 12.0. The highest BCUT2D eigenvalue weighted by Crippen LogP contribution is 2.19. The summed E-state index contributed by atoms with van der Waals surface area (Å²) in [7, 11) is -3.54. The Labute approximate surface area is 111 Å². The Kier molecular flexibility index (Phi) is 2.50. The molecule has 0 unspecified atom stereocenters. The van der Waals surface area contributed by atoms with E-state index in [0.29, 0.717) is 5.82 Å². The fourth-order valence-electron chi connectivity index (χ4n) is 1.47. The van der Waals surface area contributed by atoms with Crippen LogP contribution in [0.15, 0.2) is 22.0 Å². The van der Waals surface area contributed by atoms with Crippen molar-refractivity contribution in [2.45, 2.75) is 5.16 Å². The summed E-state index contributed by atoms with van der Waals surface area (Å²) in [6.45, 7) is 0. The number of nitrogen functional groups attached to an aromatic ring is 1. The van der Waals surface area contributed by atoms with Crippen molar-refractivity contribution in [1.82, 2.24) is 24.6 Å². The highest BCUT2D eigenvalue weighted by atomic mass is 32.2. The highest BCUT2D eigenvalue weighted by Gasteiger charge is 2.17. The molecule has 0 atom stereocenters. The second-order valence-electron chi connectivity index (χ2n) is 3.80. The number of aromatic nitrogens is 5. The van der Waals surface area contributed by atoms with Crippen molar-refractivity contribution in [1.29, 1.82) is 0 Å². The number of hydrogen-bond donors (Lipinski definition) is 1. The predicted octanol–water partition coefficient (Wildman–Crippen LogP) is 0.233. The maximum atomic E-state index is 11.4. The molecule has 98 valence electrons. The van der Waals surface area contributed by atoms with Crippen LogP contribution in [-0.2, 0) is 9.84 Å². The third kappa shape index (κ3) is 2.04. The molecule has 19 heavy (non-hydrogen) atoms. The summed E-state index contributed by atoms with van der Waals surface area (Å²) in [5.74, 6) is 0.460. The van der Waals surface area contributed by atoms with Gasteiger partial charge in [-0.1, -0.05) is 0 Å². The van der Waals surface area contributed by atoms with E-state index < -0.39 is 9.84 Å². The molecule has 0 fully saturated rings. The molecular weight excluding hydrogens is 288 g/mol. The van der Waals surface area contributed by atoms with E-state index in [0.717, 1.165) is 11.8 Å². The van der Waals surface area contributed by atoms with E-state index in [-0.39, 0.29) is 16.9 Å². The molecule has 3 aromatic rings. The van der Waals surface area contributed by atoms with Crippen molar-refractivity contribution < 1.29 is 8.42 Å². The van der Waals surface area contributed by atoms with Crippen molar-refractivity contribution in [2.24, 2.45) is 0 Å². The van der Waals surface area contributed by atoms with Gasteiger partial charge in [0.1, 0.15) is 0 Å². The van der Waals surface area contributed by atoms with Crippen molar-refractivity contribution in [3.63, 3.8) is 0 Å². The summed E-state index contributed by atoms with van der Waals surface area (Å²) in [6.07, 6.45) is 1.01. The standard InChI is InChI=1S/C9H8N6O2S2/c1-19(16,17)9-12-7(10)15-8(13-9)11-6(14-15)5-2-3-18-4-5/h2-4H,1H3,(H2,10,11,12,13,14). The summed E-state index contributed by atoms with van der Waals surface area (Å²) < 4.78 is 24.1. The van der Waals surface area contributed by atoms with Crippen LogP contribution >= 0.6 is 11.3 Å². The van der Waals surface area contributed by atoms with Crippen LogP contribution in [-0.4, -0.2) is 39.2 Å². The Morgan fingerprint density at radius 1 is 1.32 bits per heavy atom. The average molecular weight is 296 g/mol. The van der Waals surface area contributed by atoms with E-state index in [1.54, 1.807) is 0 Å². The Bertz CT molecular complexity index is 852. The van der Waals surface area contributed by atoms with Gasteiger partial charge >= 0.3 is 0 Å². The normalized spacial score (nSPS) is 12.1. The van der Waals surface area contributed by atoms with Crippen LogP contribution in [0.25, 0.3) is 17.2 Å². The van der Waals surface area contributed by atoms with Crippen molar-refractivity contribution in [3.8, 4) is 11.4 Å².